The van der Waals surface area contributed by atoms with Gasteiger partial charge in [0, 0.05) is 11.3 Å². The normalized spacial score (nSPS) is 10.5. The lowest BCUT2D eigenvalue weighted by Crippen LogP contribution is -2.32. The van der Waals surface area contributed by atoms with Crippen molar-refractivity contribution in [3.8, 4) is 17.2 Å². The van der Waals surface area contributed by atoms with Crippen LogP contribution in [-0.4, -0.2) is 39.4 Å². The number of rotatable bonds is 6. The monoisotopic (exact) mass is 409 g/mol. The highest BCUT2D eigenvalue weighted by Crippen LogP contribution is 2.37. The first-order valence-corrected chi connectivity index (χ1v) is 8.16. The molecule has 0 aliphatic rings. The average molecular weight is 410 g/mol. The van der Waals surface area contributed by atoms with E-state index in [4.69, 9.17) is 25.8 Å². The molecule has 0 fully saturated rings. The molecule has 8 nitrogen and oxygen atoms in total. The molecule has 2 amide bonds. The van der Waals surface area contributed by atoms with Crippen LogP contribution in [-0.2, 0) is 9.59 Å². The Labute approximate surface area is 165 Å². The van der Waals surface area contributed by atoms with Crippen molar-refractivity contribution in [3.63, 3.8) is 0 Å². The van der Waals surface area contributed by atoms with E-state index in [2.05, 4.69) is 15.8 Å². The lowest BCUT2D eigenvalue weighted by molar-refractivity contribution is -0.136. The van der Waals surface area contributed by atoms with Crippen LogP contribution in [0.2, 0.25) is 5.02 Å². The van der Waals surface area contributed by atoms with E-state index in [1.165, 1.54) is 39.7 Å². The van der Waals surface area contributed by atoms with Gasteiger partial charge < -0.3 is 19.5 Å². The number of benzene rings is 2. The summed E-state index contributed by atoms with van der Waals surface area (Å²) >= 11 is 5.62. The molecule has 0 aliphatic heterocycles. The van der Waals surface area contributed by atoms with Gasteiger partial charge in [0.2, 0.25) is 5.75 Å². The Bertz CT molecular complexity index is 895. The van der Waals surface area contributed by atoms with Crippen molar-refractivity contribution in [2.75, 3.05) is 26.6 Å². The largest absolute Gasteiger partial charge is 0.493 e. The Hall–Kier alpha value is -3.33. The van der Waals surface area contributed by atoms with Gasteiger partial charge in [0.25, 0.3) is 0 Å². The predicted octanol–water partition coefficient (Wildman–Crippen LogP) is 2.59. The van der Waals surface area contributed by atoms with E-state index in [0.717, 1.165) is 6.07 Å². The van der Waals surface area contributed by atoms with E-state index in [-0.39, 0.29) is 10.7 Å². The highest BCUT2D eigenvalue weighted by molar-refractivity contribution is 6.39. The number of nitrogens with zero attached hydrogens (tertiary/aromatic N) is 1. The molecule has 2 aromatic carbocycles. The zero-order chi connectivity index (χ0) is 20.7. The number of amides is 2. The van der Waals surface area contributed by atoms with Gasteiger partial charge in [-0.1, -0.05) is 11.6 Å². The van der Waals surface area contributed by atoms with Crippen molar-refractivity contribution in [3.05, 3.63) is 46.7 Å². The number of nitrogens with one attached hydrogen (secondary N) is 2. The minimum Gasteiger partial charge on any atom is -0.493 e. The first kappa shape index (κ1) is 21.0. The topological polar surface area (TPSA) is 98.2 Å². The summed E-state index contributed by atoms with van der Waals surface area (Å²) in [7, 11) is 4.40. The Morgan fingerprint density at radius 2 is 1.68 bits per heavy atom. The van der Waals surface area contributed by atoms with Gasteiger partial charge in [-0.2, -0.15) is 5.10 Å². The molecule has 2 N–H and O–H groups in total. The van der Waals surface area contributed by atoms with Gasteiger partial charge in [-0.15, -0.1) is 0 Å². The van der Waals surface area contributed by atoms with E-state index >= 15 is 0 Å². The molecule has 2 aromatic rings. The first-order valence-electron chi connectivity index (χ1n) is 7.79. The third-order valence-corrected chi connectivity index (χ3v) is 3.74. The molecule has 0 aromatic heterocycles. The smallest absolute Gasteiger partial charge is 0.329 e. The maximum absolute atomic E-state index is 13.1. The van der Waals surface area contributed by atoms with Crippen LogP contribution in [0, 0.1) is 5.82 Å². The van der Waals surface area contributed by atoms with Crippen molar-refractivity contribution < 1.29 is 28.2 Å². The average Bonchev–Trinajstić information content (AvgIpc) is 2.69. The Kier molecular flexibility index (Phi) is 7.16. The van der Waals surface area contributed by atoms with E-state index < -0.39 is 17.6 Å². The van der Waals surface area contributed by atoms with Crippen LogP contribution in [0.15, 0.2) is 35.4 Å². The number of hydrogen-bond donors (Lipinski definition) is 2. The summed E-state index contributed by atoms with van der Waals surface area (Å²) in [4.78, 5) is 23.7. The van der Waals surface area contributed by atoms with E-state index in [1.54, 1.807) is 12.1 Å². The van der Waals surface area contributed by atoms with Crippen molar-refractivity contribution in [1.82, 2.24) is 5.43 Å². The van der Waals surface area contributed by atoms with Crippen molar-refractivity contribution in [1.29, 1.82) is 0 Å². The summed E-state index contributed by atoms with van der Waals surface area (Å²) in [6.07, 6.45) is 1.30. The quantitative estimate of drug-likeness (QED) is 0.434. The molecular formula is C18H17ClFN3O5. The molecule has 0 saturated carbocycles. The number of halogens is 2. The van der Waals surface area contributed by atoms with Gasteiger partial charge in [-0.3, -0.25) is 9.59 Å². The fourth-order valence-corrected chi connectivity index (χ4v) is 2.33. The maximum atomic E-state index is 13.1. The second kappa shape index (κ2) is 9.56. The van der Waals surface area contributed by atoms with Crippen LogP contribution in [0.1, 0.15) is 5.56 Å². The standard InChI is InChI=1S/C18H17ClFN3O5/c1-26-14-6-10(7-15(27-2)16(14)28-3)9-21-23-18(25)17(24)22-11-4-5-13(20)12(19)8-11/h4-9H,1-3H3,(H,22,24)(H,23,25). The second-order valence-corrected chi connectivity index (χ2v) is 5.65. The number of ether oxygens (including phenoxy) is 3. The summed E-state index contributed by atoms with van der Waals surface area (Å²) in [5, 5.41) is 5.81. The lowest BCUT2D eigenvalue weighted by atomic mass is 10.2. The van der Waals surface area contributed by atoms with Crippen molar-refractivity contribution >= 4 is 35.3 Å². The van der Waals surface area contributed by atoms with Crippen LogP contribution in [0.25, 0.3) is 0 Å². The zero-order valence-electron chi connectivity index (χ0n) is 15.2. The van der Waals surface area contributed by atoms with E-state index in [1.807, 2.05) is 0 Å². The van der Waals surface area contributed by atoms with Gasteiger partial charge in [0.15, 0.2) is 11.5 Å². The molecule has 28 heavy (non-hydrogen) atoms. The molecule has 0 saturated heterocycles. The van der Waals surface area contributed by atoms with Crippen LogP contribution in [0.4, 0.5) is 10.1 Å². The fourth-order valence-electron chi connectivity index (χ4n) is 2.15. The summed E-state index contributed by atoms with van der Waals surface area (Å²) in [6, 6.07) is 6.74. The molecule has 0 radical (unpaired) electrons. The summed E-state index contributed by atoms with van der Waals surface area (Å²) in [5.74, 6) is -1.45. The van der Waals surface area contributed by atoms with Crippen LogP contribution < -0.4 is 25.0 Å². The zero-order valence-corrected chi connectivity index (χ0v) is 16.0. The summed E-state index contributed by atoms with van der Waals surface area (Å²) in [5.41, 5.74) is 2.77. The van der Waals surface area contributed by atoms with E-state index in [9.17, 15) is 14.0 Å². The Morgan fingerprint density at radius 3 is 2.21 bits per heavy atom. The fraction of sp³-hybridized carbons (Fsp3) is 0.167. The minimum absolute atomic E-state index is 0.167. The lowest BCUT2D eigenvalue weighted by Gasteiger charge is -2.12. The van der Waals surface area contributed by atoms with E-state index in [0.29, 0.717) is 22.8 Å². The molecule has 0 spiro atoms. The Balaban J connectivity index is 2.04. The number of methoxy groups -OCH3 is 3. The molecule has 2 rings (SSSR count). The van der Waals surface area contributed by atoms with Gasteiger partial charge in [0.05, 0.1) is 32.6 Å². The summed E-state index contributed by atoms with van der Waals surface area (Å²) < 4.78 is 28.7. The molecule has 148 valence electrons. The minimum atomic E-state index is -1.02. The molecule has 10 heteroatoms. The first-order chi connectivity index (χ1) is 13.4. The molecular weight excluding hydrogens is 393 g/mol. The molecule has 0 unspecified atom stereocenters. The third kappa shape index (κ3) is 5.10. The van der Waals surface area contributed by atoms with Crippen LogP contribution >= 0.6 is 11.6 Å². The van der Waals surface area contributed by atoms with Gasteiger partial charge >= 0.3 is 11.8 Å². The highest BCUT2D eigenvalue weighted by Gasteiger charge is 2.15. The second-order valence-electron chi connectivity index (χ2n) is 5.24. The Morgan fingerprint density at radius 1 is 1.04 bits per heavy atom. The van der Waals surface area contributed by atoms with Gasteiger partial charge in [0.1, 0.15) is 5.82 Å². The van der Waals surface area contributed by atoms with Crippen LogP contribution in [0.5, 0.6) is 17.2 Å². The number of hydrogen-bond acceptors (Lipinski definition) is 6. The molecule has 0 aliphatic carbocycles. The molecule has 0 heterocycles. The van der Waals surface area contributed by atoms with Crippen LogP contribution in [0.3, 0.4) is 0 Å². The molecule has 0 atom stereocenters. The number of carbonyl (C=O) groups excluding carboxylic acids is 2. The van der Waals surface area contributed by atoms with Crippen molar-refractivity contribution in [2.24, 2.45) is 5.10 Å². The van der Waals surface area contributed by atoms with Crippen molar-refractivity contribution in [2.45, 2.75) is 0 Å². The number of anilines is 1. The molecule has 0 bridgehead atoms. The predicted molar refractivity (Wildman–Crippen MR) is 102 cm³/mol. The SMILES string of the molecule is COc1cc(C=NNC(=O)C(=O)Nc2ccc(F)c(Cl)c2)cc(OC)c1OC. The highest BCUT2D eigenvalue weighted by atomic mass is 35.5. The maximum Gasteiger partial charge on any atom is 0.329 e. The van der Waals surface area contributed by atoms with Gasteiger partial charge in [-0.25, -0.2) is 9.82 Å². The third-order valence-electron chi connectivity index (χ3n) is 3.45. The van der Waals surface area contributed by atoms with Gasteiger partial charge in [-0.05, 0) is 30.3 Å². The number of hydrazone groups is 1. The summed E-state index contributed by atoms with van der Waals surface area (Å²) in [6.45, 7) is 0. The number of carbonyl (C=O) groups is 2.